The summed E-state index contributed by atoms with van der Waals surface area (Å²) >= 11 is 3.30. The SMILES string of the molecule is COC(=O)CN1CC2(C1)CN(S(=O)(=O)c1cccc(C(F)(F)F)c1)c1cc(Br)ccc1O2. The van der Waals surface area contributed by atoms with Crippen LogP contribution in [-0.2, 0) is 25.7 Å². The molecule has 12 heteroatoms. The fourth-order valence-corrected chi connectivity index (χ4v) is 5.79. The number of fused-ring (bicyclic) bond motifs is 1. The number of rotatable bonds is 4. The Morgan fingerprint density at radius 3 is 2.56 bits per heavy atom. The highest BCUT2D eigenvalue weighted by atomic mass is 79.9. The minimum absolute atomic E-state index is 0.0230. The van der Waals surface area contributed by atoms with Gasteiger partial charge in [0.1, 0.15) is 5.75 Å². The lowest BCUT2D eigenvalue weighted by Gasteiger charge is -2.53. The van der Waals surface area contributed by atoms with Crippen LogP contribution in [0.25, 0.3) is 0 Å². The van der Waals surface area contributed by atoms with Crippen molar-refractivity contribution in [3.8, 4) is 5.75 Å². The maximum Gasteiger partial charge on any atom is 0.416 e. The Balaban J connectivity index is 1.71. The quantitative estimate of drug-likeness (QED) is 0.560. The second kappa shape index (κ2) is 7.92. The third-order valence-electron chi connectivity index (χ3n) is 5.30. The fourth-order valence-electron chi connectivity index (χ4n) is 3.85. The molecule has 0 atom stereocenters. The number of carbonyl (C=O) groups is 1. The molecule has 2 aliphatic heterocycles. The van der Waals surface area contributed by atoms with Crippen molar-refractivity contribution in [1.82, 2.24) is 4.90 Å². The summed E-state index contributed by atoms with van der Waals surface area (Å²) in [4.78, 5) is 12.8. The van der Waals surface area contributed by atoms with Gasteiger partial charge < -0.3 is 9.47 Å². The average Bonchev–Trinajstić information content (AvgIpc) is 2.71. The van der Waals surface area contributed by atoms with Gasteiger partial charge in [-0.1, -0.05) is 22.0 Å². The lowest BCUT2D eigenvalue weighted by atomic mass is 9.92. The number of hydrogen-bond donors (Lipinski definition) is 0. The first-order valence-electron chi connectivity index (χ1n) is 9.41. The van der Waals surface area contributed by atoms with E-state index in [1.165, 1.54) is 13.2 Å². The van der Waals surface area contributed by atoms with Gasteiger partial charge in [-0.3, -0.25) is 14.0 Å². The summed E-state index contributed by atoms with van der Waals surface area (Å²) < 4.78 is 78.9. The molecule has 0 aromatic heterocycles. The van der Waals surface area contributed by atoms with E-state index < -0.39 is 38.2 Å². The van der Waals surface area contributed by atoms with Crippen molar-refractivity contribution in [2.24, 2.45) is 0 Å². The van der Waals surface area contributed by atoms with Crippen LogP contribution in [0.2, 0.25) is 0 Å². The molecule has 2 aromatic carbocycles. The van der Waals surface area contributed by atoms with Crippen molar-refractivity contribution >= 4 is 37.6 Å². The second-order valence-electron chi connectivity index (χ2n) is 7.66. The van der Waals surface area contributed by atoms with Gasteiger partial charge in [-0.25, -0.2) is 8.42 Å². The average molecular weight is 535 g/mol. The number of alkyl halides is 3. The number of sulfonamides is 1. The summed E-state index contributed by atoms with van der Waals surface area (Å²) in [7, 11) is -3.07. The number of nitrogens with zero attached hydrogens (tertiary/aromatic N) is 2. The van der Waals surface area contributed by atoms with Crippen LogP contribution in [0.15, 0.2) is 51.8 Å². The van der Waals surface area contributed by atoms with E-state index in [0.29, 0.717) is 10.5 Å². The first kappa shape index (κ1) is 22.9. The predicted octanol–water partition coefficient (Wildman–Crippen LogP) is 3.28. The molecule has 0 amide bonds. The maximum absolute atomic E-state index is 13.5. The number of ether oxygens (including phenoxy) is 2. The minimum atomic E-state index is -4.68. The molecule has 172 valence electrons. The summed E-state index contributed by atoms with van der Waals surface area (Å²) in [5, 5.41) is 0. The molecule has 0 N–H and O–H groups in total. The Hall–Kier alpha value is -2.31. The molecule has 2 aromatic rings. The Bertz CT molecular complexity index is 1170. The van der Waals surface area contributed by atoms with Crippen LogP contribution in [-0.4, -0.2) is 58.2 Å². The van der Waals surface area contributed by atoms with E-state index in [4.69, 9.17) is 4.74 Å². The van der Waals surface area contributed by atoms with E-state index in [1.807, 2.05) is 0 Å². The number of benzene rings is 2. The van der Waals surface area contributed by atoms with Gasteiger partial charge >= 0.3 is 12.1 Å². The zero-order valence-corrected chi connectivity index (χ0v) is 19.1. The molecule has 0 radical (unpaired) electrons. The van der Waals surface area contributed by atoms with Crippen molar-refractivity contribution in [2.45, 2.75) is 16.7 Å². The van der Waals surface area contributed by atoms with Crippen LogP contribution in [0, 0.1) is 0 Å². The lowest BCUT2D eigenvalue weighted by molar-refractivity contribution is -0.148. The van der Waals surface area contributed by atoms with Crippen molar-refractivity contribution < 1.29 is 35.9 Å². The Kier molecular flexibility index (Phi) is 5.66. The zero-order chi connectivity index (χ0) is 23.3. The number of anilines is 1. The van der Waals surface area contributed by atoms with Crippen molar-refractivity contribution in [2.75, 3.05) is 37.6 Å². The summed E-state index contributed by atoms with van der Waals surface area (Å²) in [6, 6.07) is 8.46. The highest BCUT2D eigenvalue weighted by Gasteiger charge is 2.52. The molecule has 1 fully saturated rings. The van der Waals surface area contributed by atoms with Gasteiger partial charge in [-0.15, -0.1) is 0 Å². The Labute approximate surface area is 190 Å². The van der Waals surface area contributed by atoms with Crippen LogP contribution in [0.4, 0.5) is 18.9 Å². The molecule has 2 aliphatic rings. The summed E-state index contributed by atoms with van der Waals surface area (Å²) in [5.74, 6) is -0.152. The van der Waals surface area contributed by atoms with Gasteiger partial charge in [0.25, 0.3) is 10.0 Å². The third kappa shape index (κ3) is 4.18. The standard InChI is InChI=1S/C20H18BrF3N2O5S/c1-30-18(27)9-25-10-19(11-25)12-26(16-8-14(21)5-6-17(16)31-19)32(28,29)15-4-2-3-13(7-15)20(22,23)24/h2-8H,9-12H2,1H3. The Morgan fingerprint density at radius 1 is 1.19 bits per heavy atom. The fraction of sp³-hybridized carbons (Fsp3) is 0.350. The Morgan fingerprint density at radius 2 is 1.91 bits per heavy atom. The van der Waals surface area contributed by atoms with E-state index in [1.54, 1.807) is 17.0 Å². The smallest absolute Gasteiger partial charge is 0.416 e. The number of hydrogen-bond acceptors (Lipinski definition) is 6. The molecule has 1 spiro atoms. The summed E-state index contributed by atoms with van der Waals surface area (Å²) in [5.41, 5.74) is -1.78. The first-order chi connectivity index (χ1) is 14.9. The molecule has 7 nitrogen and oxygen atoms in total. The molecule has 4 rings (SSSR count). The third-order valence-corrected chi connectivity index (χ3v) is 7.55. The van der Waals surface area contributed by atoms with Gasteiger partial charge in [-0.2, -0.15) is 13.2 Å². The molecule has 2 heterocycles. The van der Waals surface area contributed by atoms with Gasteiger partial charge in [0, 0.05) is 17.6 Å². The van der Waals surface area contributed by atoms with Gasteiger partial charge in [0.15, 0.2) is 5.60 Å². The highest BCUT2D eigenvalue weighted by molar-refractivity contribution is 9.10. The van der Waals surface area contributed by atoms with E-state index in [9.17, 15) is 26.4 Å². The number of carbonyl (C=O) groups excluding carboxylic acids is 1. The molecule has 0 bridgehead atoms. The van der Waals surface area contributed by atoms with Crippen LogP contribution in [0.5, 0.6) is 5.75 Å². The monoisotopic (exact) mass is 534 g/mol. The molecule has 0 unspecified atom stereocenters. The lowest BCUT2D eigenvalue weighted by Crippen LogP contribution is -2.71. The van der Waals surface area contributed by atoms with Gasteiger partial charge in [0.2, 0.25) is 0 Å². The van der Waals surface area contributed by atoms with Crippen molar-refractivity contribution in [1.29, 1.82) is 0 Å². The zero-order valence-electron chi connectivity index (χ0n) is 16.7. The van der Waals surface area contributed by atoms with E-state index in [0.717, 1.165) is 22.5 Å². The van der Waals surface area contributed by atoms with Crippen molar-refractivity contribution in [3.63, 3.8) is 0 Å². The van der Waals surface area contributed by atoms with Gasteiger partial charge in [0.05, 0.1) is 36.3 Å². The van der Waals surface area contributed by atoms with Gasteiger partial charge in [-0.05, 0) is 36.4 Å². The van der Waals surface area contributed by atoms with E-state index >= 15 is 0 Å². The molecule has 0 saturated carbocycles. The number of halogens is 4. The number of esters is 1. The molecule has 32 heavy (non-hydrogen) atoms. The number of likely N-dealkylation sites (tertiary alicyclic amines) is 1. The highest BCUT2D eigenvalue weighted by Crippen LogP contribution is 2.44. The van der Waals surface area contributed by atoms with Crippen LogP contribution in [0.1, 0.15) is 5.56 Å². The largest absolute Gasteiger partial charge is 0.480 e. The molecular weight excluding hydrogens is 517 g/mol. The molecule has 0 aliphatic carbocycles. The van der Waals surface area contributed by atoms with Crippen LogP contribution < -0.4 is 9.04 Å². The minimum Gasteiger partial charge on any atom is -0.480 e. The predicted molar refractivity (Wildman–Crippen MR) is 112 cm³/mol. The first-order valence-corrected chi connectivity index (χ1v) is 11.6. The van der Waals surface area contributed by atoms with Crippen LogP contribution in [0.3, 0.4) is 0 Å². The van der Waals surface area contributed by atoms with E-state index in [-0.39, 0.29) is 37.6 Å². The molecule has 1 saturated heterocycles. The second-order valence-corrected chi connectivity index (χ2v) is 10.4. The van der Waals surface area contributed by atoms with Crippen molar-refractivity contribution in [3.05, 3.63) is 52.5 Å². The normalized spacial score (nSPS) is 18.0. The number of methoxy groups -OCH3 is 1. The topological polar surface area (TPSA) is 76.2 Å². The van der Waals surface area contributed by atoms with Crippen LogP contribution >= 0.6 is 15.9 Å². The maximum atomic E-state index is 13.5. The summed E-state index contributed by atoms with van der Waals surface area (Å²) in [6.45, 7) is 0.417. The summed E-state index contributed by atoms with van der Waals surface area (Å²) in [6.07, 6.45) is -4.68. The molecular formula is C20H18BrF3N2O5S. The van der Waals surface area contributed by atoms with E-state index in [2.05, 4.69) is 20.7 Å².